The van der Waals surface area contributed by atoms with E-state index < -0.39 is 0 Å². The predicted molar refractivity (Wildman–Crippen MR) is 39.1 cm³/mol. The molecule has 62 valence electrons. The number of nitrogens with one attached hydrogen (secondary N) is 2. The van der Waals surface area contributed by atoms with Gasteiger partial charge < -0.3 is 15.4 Å². The summed E-state index contributed by atoms with van der Waals surface area (Å²) < 4.78 is 5.11. The van der Waals surface area contributed by atoms with Gasteiger partial charge in [0, 0.05) is 19.0 Å². The molecule has 11 heavy (non-hydrogen) atoms. The van der Waals surface area contributed by atoms with Gasteiger partial charge in [-0.2, -0.15) is 0 Å². The summed E-state index contributed by atoms with van der Waals surface area (Å²) in [5.74, 6) is 0.604. The molecule has 2 rings (SSSR count). The molecule has 0 aromatic carbocycles. The van der Waals surface area contributed by atoms with E-state index in [9.17, 15) is 4.79 Å². The van der Waals surface area contributed by atoms with Crippen molar-refractivity contribution in [1.29, 1.82) is 0 Å². The first-order valence-electron chi connectivity index (χ1n) is 3.94. The lowest BCUT2D eigenvalue weighted by molar-refractivity contribution is -0.132. The zero-order valence-electron chi connectivity index (χ0n) is 6.30. The van der Waals surface area contributed by atoms with Crippen molar-refractivity contribution in [2.24, 2.45) is 5.92 Å². The molecule has 0 saturated carbocycles. The Morgan fingerprint density at radius 2 is 2.27 bits per heavy atom. The first-order valence-corrected chi connectivity index (χ1v) is 3.94. The summed E-state index contributed by atoms with van der Waals surface area (Å²) in [5.41, 5.74) is 0. The molecular weight excluding hydrogens is 144 g/mol. The summed E-state index contributed by atoms with van der Waals surface area (Å²) in [6, 6.07) is 0.248. The van der Waals surface area contributed by atoms with Crippen molar-refractivity contribution in [1.82, 2.24) is 10.6 Å². The van der Waals surface area contributed by atoms with Gasteiger partial charge in [-0.15, -0.1) is 0 Å². The fourth-order valence-corrected chi connectivity index (χ4v) is 1.42. The molecule has 0 aromatic heterocycles. The normalized spacial score (nSPS) is 32.7. The molecule has 0 aliphatic carbocycles. The summed E-state index contributed by atoms with van der Waals surface area (Å²) in [5, 5.41) is 6.08. The van der Waals surface area contributed by atoms with Gasteiger partial charge >= 0.3 is 0 Å². The molecule has 0 radical (unpaired) electrons. The first kappa shape index (κ1) is 7.06. The van der Waals surface area contributed by atoms with Gasteiger partial charge in [-0.05, 0) is 0 Å². The Labute approximate surface area is 65.3 Å². The minimum atomic E-state index is 0.0214. The van der Waals surface area contributed by atoms with E-state index in [4.69, 9.17) is 4.74 Å². The van der Waals surface area contributed by atoms with Gasteiger partial charge in [0.15, 0.2) is 0 Å². The largest absolute Gasteiger partial charge is 0.369 e. The second-order valence-electron chi connectivity index (χ2n) is 3.11. The second-order valence-corrected chi connectivity index (χ2v) is 3.11. The van der Waals surface area contributed by atoms with Crippen LogP contribution in [0.4, 0.5) is 0 Å². The molecule has 2 N–H and O–H groups in total. The van der Waals surface area contributed by atoms with Gasteiger partial charge in [0.1, 0.15) is 6.61 Å². The zero-order valence-corrected chi connectivity index (χ0v) is 6.30. The molecule has 1 atom stereocenters. The monoisotopic (exact) mass is 156 g/mol. The maximum atomic E-state index is 10.9. The highest BCUT2D eigenvalue weighted by Gasteiger charge is 2.30. The van der Waals surface area contributed by atoms with E-state index >= 15 is 0 Å². The quantitative estimate of drug-likeness (QED) is 0.497. The van der Waals surface area contributed by atoms with Crippen molar-refractivity contribution >= 4 is 5.91 Å². The molecule has 0 bridgehead atoms. The highest BCUT2D eigenvalue weighted by Crippen LogP contribution is 2.11. The highest BCUT2D eigenvalue weighted by atomic mass is 16.5. The lowest BCUT2D eigenvalue weighted by Gasteiger charge is -2.36. The van der Waals surface area contributed by atoms with E-state index in [1.807, 2.05) is 0 Å². The fraction of sp³-hybridized carbons (Fsp3) is 0.857. The zero-order chi connectivity index (χ0) is 7.68. The summed E-state index contributed by atoms with van der Waals surface area (Å²) in [7, 11) is 0. The Morgan fingerprint density at radius 1 is 1.45 bits per heavy atom. The Bertz CT molecular complexity index is 168. The van der Waals surface area contributed by atoms with Crippen LogP contribution in [-0.2, 0) is 9.53 Å². The molecule has 1 unspecified atom stereocenters. The van der Waals surface area contributed by atoms with Gasteiger partial charge in [-0.3, -0.25) is 4.79 Å². The molecule has 0 spiro atoms. The number of carbonyl (C=O) groups is 1. The summed E-state index contributed by atoms with van der Waals surface area (Å²) in [4.78, 5) is 10.9. The first-order chi connectivity index (χ1) is 5.36. The lowest BCUT2D eigenvalue weighted by Crippen LogP contribution is -2.59. The van der Waals surface area contributed by atoms with Crippen LogP contribution in [-0.4, -0.2) is 38.3 Å². The van der Waals surface area contributed by atoms with Crippen LogP contribution in [0.2, 0.25) is 0 Å². The average molecular weight is 156 g/mol. The Hall–Kier alpha value is -0.610. The van der Waals surface area contributed by atoms with Gasteiger partial charge in [0.25, 0.3) is 0 Å². The van der Waals surface area contributed by atoms with Gasteiger partial charge in [-0.1, -0.05) is 0 Å². The second kappa shape index (κ2) is 2.79. The van der Waals surface area contributed by atoms with E-state index in [0.29, 0.717) is 12.5 Å². The number of carbonyl (C=O) groups excluding carboxylic acids is 1. The fourth-order valence-electron chi connectivity index (χ4n) is 1.42. The topological polar surface area (TPSA) is 50.4 Å². The third kappa shape index (κ3) is 1.36. The van der Waals surface area contributed by atoms with E-state index in [-0.39, 0.29) is 18.6 Å². The molecule has 2 heterocycles. The lowest BCUT2D eigenvalue weighted by atomic mass is 9.94. The molecule has 2 fully saturated rings. The Morgan fingerprint density at radius 3 is 2.82 bits per heavy atom. The molecule has 1 amide bonds. The standard InChI is InChI=1S/C7H12N2O2/c10-7-4-11-3-6(9-7)5-1-8-2-5/h5-6,8H,1-4H2,(H,9,10). The third-order valence-electron chi connectivity index (χ3n) is 2.26. The number of morpholine rings is 1. The van der Waals surface area contributed by atoms with Gasteiger partial charge in [0.2, 0.25) is 5.91 Å². The highest BCUT2D eigenvalue weighted by molar-refractivity contribution is 5.78. The van der Waals surface area contributed by atoms with Crippen LogP contribution >= 0.6 is 0 Å². The number of hydrogen-bond donors (Lipinski definition) is 2. The smallest absolute Gasteiger partial charge is 0.246 e. The Kier molecular flexibility index (Phi) is 1.79. The number of ether oxygens (including phenoxy) is 1. The summed E-state index contributed by atoms with van der Waals surface area (Å²) in [6.07, 6.45) is 0. The van der Waals surface area contributed by atoms with Crippen LogP contribution < -0.4 is 10.6 Å². The molecule has 2 aliphatic rings. The molecule has 4 nitrogen and oxygen atoms in total. The van der Waals surface area contributed by atoms with Crippen molar-refractivity contribution in [2.75, 3.05) is 26.3 Å². The van der Waals surface area contributed by atoms with Crippen molar-refractivity contribution in [3.8, 4) is 0 Å². The minimum Gasteiger partial charge on any atom is -0.369 e. The van der Waals surface area contributed by atoms with Crippen LogP contribution in [0.15, 0.2) is 0 Å². The van der Waals surface area contributed by atoms with Crippen LogP contribution in [0.1, 0.15) is 0 Å². The van der Waals surface area contributed by atoms with Crippen molar-refractivity contribution < 1.29 is 9.53 Å². The predicted octanol–water partition coefficient (Wildman–Crippen LogP) is -1.28. The van der Waals surface area contributed by atoms with Crippen molar-refractivity contribution in [3.63, 3.8) is 0 Å². The van der Waals surface area contributed by atoms with E-state index in [1.54, 1.807) is 0 Å². The summed E-state index contributed by atoms with van der Waals surface area (Å²) in [6.45, 7) is 2.93. The SMILES string of the molecule is O=C1COCC(C2CNC2)N1. The molecule has 2 saturated heterocycles. The van der Waals surface area contributed by atoms with E-state index in [0.717, 1.165) is 13.1 Å². The molecule has 4 heteroatoms. The van der Waals surface area contributed by atoms with Crippen molar-refractivity contribution in [3.05, 3.63) is 0 Å². The van der Waals surface area contributed by atoms with Crippen molar-refractivity contribution in [2.45, 2.75) is 6.04 Å². The van der Waals surface area contributed by atoms with Crippen LogP contribution in [0.5, 0.6) is 0 Å². The maximum Gasteiger partial charge on any atom is 0.246 e. The number of hydrogen-bond acceptors (Lipinski definition) is 3. The van der Waals surface area contributed by atoms with E-state index in [1.165, 1.54) is 0 Å². The van der Waals surface area contributed by atoms with Crippen LogP contribution in [0.3, 0.4) is 0 Å². The van der Waals surface area contributed by atoms with E-state index in [2.05, 4.69) is 10.6 Å². The maximum absolute atomic E-state index is 10.9. The molecule has 2 aliphatic heterocycles. The molecular formula is C7H12N2O2. The average Bonchev–Trinajstić information content (AvgIpc) is 1.83. The Balaban J connectivity index is 1.87. The van der Waals surface area contributed by atoms with Crippen LogP contribution in [0, 0.1) is 5.92 Å². The number of rotatable bonds is 1. The van der Waals surface area contributed by atoms with Crippen LogP contribution in [0.25, 0.3) is 0 Å². The summed E-state index contributed by atoms with van der Waals surface area (Å²) >= 11 is 0. The number of amides is 1. The van der Waals surface area contributed by atoms with Gasteiger partial charge in [0.05, 0.1) is 12.6 Å². The third-order valence-corrected chi connectivity index (χ3v) is 2.26. The minimum absolute atomic E-state index is 0.0214. The van der Waals surface area contributed by atoms with Gasteiger partial charge in [-0.25, -0.2) is 0 Å². The molecule has 0 aromatic rings.